The summed E-state index contributed by atoms with van der Waals surface area (Å²) in [6, 6.07) is 9.06. The Morgan fingerprint density at radius 1 is 1.24 bits per heavy atom. The van der Waals surface area contributed by atoms with Gasteiger partial charge >= 0.3 is 6.03 Å². The molecule has 1 aliphatic rings. The molecule has 2 heterocycles. The number of hydrogen-bond acceptors (Lipinski definition) is 6. The molecule has 9 heteroatoms. The molecule has 1 N–H and O–H groups in total. The van der Waals surface area contributed by atoms with Crippen LogP contribution < -0.4 is 14.8 Å². The van der Waals surface area contributed by atoms with Crippen molar-refractivity contribution >= 4 is 23.3 Å². The van der Waals surface area contributed by atoms with Crippen LogP contribution in [0.1, 0.15) is 29.8 Å². The number of nitrogens with one attached hydrogen (secondary N) is 1. The van der Waals surface area contributed by atoms with E-state index in [9.17, 15) is 9.59 Å². The van der Waals surface area contributed by atoms with Gasteiger partial charge in [0.1, 0.15) is 24.7 Å². The molecule has 0 aliphatic carbocycles. The summed E-state index contributed by atoms with van der Waals surface area (Å²) in [6.07, 6.45) is 1.47. The fraction of sp³-hybridized carbons (Fsp3) is 0.500. The van der Waals surface area contributed by atoms with Gasteiger partial charge in [0.15, 0.2) is 0 Å². The maximum atomic E-state index is 13.4. The number of carbonyl (C=O) groups is 2. The van der Waals surface area contributed by atoms with Crippen LogP contribution in [-0.2, 0) is 16.0 Å². The molecule has 180 valence electrons. The zero-order valence-electron chi connectivity index (χ0n) is 19.5. The number of methoxy groups -OCH3 is 2. The number of hydrogen-bond donors (Lipinski definition) is 1. The Morgan fingerprint density at radius 2 is 2.06 bits per heavy atom. The maximum Gasteiger partial charge on any atom is 0.317 e. The number of thiophene rings is 1. The van der Waals surface area contributed by atoms with Gasteiger partial charge in [-0.2, -0.15) is 0 Å². The lowest BCUT2D eigenvalue weighted by Crippen LogP contribution is -2.50. The third kappa shape index (κ3) is 6.61. The van der Waals surface area contributed by atoms with Crippen LogP contribution >= 0.6 is 11.3 Å². The first-order valence-corrected chi connectivity index (χ1v) is 12.1. The number of urea groups is 1. The van der Waals surface area contributed by atoms with E-state index in [1.165, 1.54) is 4.88 Å². The minimum atomic E-state index is -0.237. The third-order valence-corrected chi connectivity index (χ3v) is 6.58. The van der Waals surface area contributed by atoms with Crippen LogP contribution in [0.2, 0.25) is 0 Å². The van der Waals surface area contributed by atoms with Crippen molar-refractivity contribution in [3.05, 3.63) is 46.2 Å². The number of ether oxygens (including phenoxy) is 3. The summed E-state index contributed by atoms with van der Waals surface area (Å²) in [5.74, 6) is 1.32. The van der Waals surface area contributed by atoms with Gasteiger partial charge in [-0.15, -0.1) is 11.3 Å². The van der Waals surface area contributed by atoms with Gasteiger partial charge in [0.25, 0.3) is 0 Å². The van der Waals surface area contributed by atoms with E-state index in [-0.39, 0.29) is 24.5 Å². The van der Waals surface area contributed by atoms with Crippen molar-refractivity contribution in [1.82, 2.24) is 15.1 Å². The van der Waals surface area contributed by atoms with Gasteiger partial charge in [0, 0.05) is 44.3 Å². The Labute approximate surface area is 199 Å². The van der Waals surface area contributed by atoms with Gasteiger partial charge in [0.05, 0.1) is 13.2 Å². The van der Waals surface area contributed by atoms with Gasteiger partial charge < -0.3 is 29.3 Å². The SMILES string of the molecule is CCNC(=O)N(CCCOC)CC(=O)N1CCc2sccc2C1COc1cccc(OC)c1. The Kier molecular flexibility index (Phi) is 9.38. The Bertz CT molecular complexity index is 919. The molecule has 0 radical (unpaired) electrons. The molecule has 0 saturated carbocycles. The lowest BCUT2D eigenvalue weighted by Gasteiger charge is -2.37. The highest BCUT2D eigenvalue weighted by Crippen LogP contribution is 2.34. The van der Waals surface area contributed by atoms with Gasteiger partial charge in [-0.1, -0.05) is 6.07 Å². The maximum absolute atomic E-state index is 13.4. The second-order valence-corrected chi connectivity index (χ2v) is 8.75. The van der Waals surface area contributed by atoms with Crippen LogP contribution in [0.5, 0.6) is 11.5 Å². The van der Waals surface area contributed by atoms with E-state index in [0.29, 0.717) is 50.8 Å². The van der Waals surface area contributed by atoms with E-state index < -0.39 is 0 Å². The van der Waals surface area contributed by atoms with Crippen molar-refractivity contribution in [2.75, 3.05) is 53.6 Å². The van der Waals surface area contributed by atoms with E-state index in [1.54, 1.807) is 30.5 Å². The Morgan fingerprint density at radius 3 is 2.82 bits per heavy atom. The van der Waals surface area contributed by atoms with Gasteiger partial charge in [-0.25, -0.2) is 4.79 Å². The average molecular weight is 476 g/mol. The van der Waals surface area contributed by atoms with Crippen molar-refractivity contribution in [3.63, 3.8) is 0 Å². The predicted octanol–water partition coefficient (Wildman–Crippen LogP) is 3.33. The van der Waals surface area contributed by atoms with E-state index >= 15 is 0 Å². The summed E-state index contributed by atoms with van der Waals surface area (Å²) in [5.41, 5.74) is 1.12. The van der Waals surface area contributed by atoms with Gasteiger partial charge in [0.2, 0.25) is 5.91 Å². The van der Waals surface area contributed by atoms with E-state index in [1.807, 2.05) is 36.1 Å². The second kappa shape index (κ2) is 12.5. The number of fused-ring (bicyclic) bond motifs is 1. The fourth-order valence-electron chi connectivity index (χ4n) is 3.91. The molecular weight excluding hydrogens is 442 g/mol. The largest absolute Gasteiger partial charge is 0.497 e. The van der Waals surface area contributed by atoms with Crippen molar-refractivity contribution in [3.8, 4) is 11.5 Å². The lowest BCUT2D eigenvalue weighted by atomic mass is 10.0. The second-order valence-electron chi connectivity index (χ2n) is 7.75. The molecule has 3 amide bonds. The summed E-state index contributed by atoms with van der Waals surface area (Å²) in [7, 11) is 3.24. The summed E-state index contributed by atoms with van der Waals surface area (Å²) >= 11 is 1.71. The molecule has 2 aromatic rings. The fourth-order valence-corrected chi connectivity index (χ4v) is 4.84. The molecule has 3 rings (SSSR count). The zero-order valence-corrected chi connectivity index (χ0v) is 20.4. The van der Waals surface area contributed by atoms with Gasteiger partial charge in [-0.3, -0.25) is 4.79 Å². The molecule has 1 aromatic carbocycles. The summed E-state index contributed by atoms with van der Waals surface area (Å²) in [6.45, 7) is 4.30. The molecule has 0 fully saturated rings. The van der Waals surface area contributed by atoms with Crippen LogP contribution in [0.25, 0.3) is 0 Å². The molecule has 8 nitrogen and oxygen atoms in total. The molecule has 1 unspecified atom stereocenters. The predicted molar refractivity (Wildman–Crippen MR) is 128 cm³/mol. The van der Waals surface area contributed by atoms with E-state index in [0.717, 1.165) is 12.0 Å². The first-order valence-electron chi connectivity index (χ1n) is 11.2. The van der Waals surface area contributed by atoms with Crippen molar-refractivity contribution in [2.45, 2.75) is 25.8 Å². The minimum Gasteiger partial charge on any atom is -0.497 e. The first kappa shape index (κ1) is 24.9. The molecular formula is C24H33N3O5S. The van der Waals surface area contributed by atoms with Crippen LogP contribution in [0, 0.1) is 0 Å². The lowest BCUT2D eigenvalue weighted by molar-refractivity contribution is -0.135. The normalized spacial score (nSPS) is 15.0. The number of rotatable bonds is 11. The summed E-state index contributed by atoms with van der Waals surface area (Å²) < 4.78 is 16.5. The van der Waals surface area contributed by atoms with Crippen LogP contribution in [0.3, 0.4) is 0 Å². The van der Waals surface area contributed by atoms with Gasteiger partial charge in [-0.05, 0) is 48.9 Å². The molecule has 1 atom stereocenters. The number of amides is 3. The highest BCUT2D eigenvalue weighted by Gasteiger charge is 2.33. The Hall–Kier alpha value is -2.78. The zero-order chi connectivity index (χ0) is 23.6. The summed E-state index contributed by atoms with van der Waals surface area (Å²) in [4.78, 5) is 30.6. The van der Waals surface area contributed by atoms with Crippen molar-refractivity contribution in [2.24, 2.45) is 0 Å². The molecule has 0 saturated heterocycles. The van der Waals surface area contributed by atoms with Crippen molar-refractivity contribution < 1.29 is 23.8 Å². The highest BCUT2D eigenvalue weighted by atomic mass is 32.1. The number of carbonyl (C=O) groups excluding carboxylic acids is 2. The van der Waals surface area contributed by atoms with Crippen LogP contribution in [0.4, 0.5) is 4.79 Å². The molecule has 1 aromatic heterocycles. The standard InChI is InChI=1S/C24H33N3O5S/c1-4-25-24(29)26(11-6-13-30-2)16-23(28)27-12-9-22-20(10-14-33-22)21(27)17-32-19-8-5-7-18(15-19)31-3/h5,7-8,10,14-15,21H,4,6,9,11-13,16-17H2,1-3H3,(H,25,29). The average Bonchev–Trinajstić information content (AvgIpc) is 3.31. The van der Waals surface area contributed by atoms with Crippen LogP contribution in [0.15, 0.2) is 35.7 Å². The van der Waals surface area contributed by atoms with E-state index in [4.69, 9.17) is 14.2 Å². The topological polar surface area (TPSA) is 80.3 Å². The smallest absolute Gasteiger partial charge is 0.317 e. The first-order chi connectivity index (χ1) is 16.1. The molecule has 1 aliphatic heterocycles. The van der Waals surface area contributed by atoms with Crippen LogP contribution in [-0.4, -0.2) is 75.4 Å². The molecule has 33 heavy (non-hydrogen) atoms. The molecule has 0 bridgehead atoms. The highest BCUT2D eigenvalue weighted by molar-refractivity contribution is 7.10. The summed E-state index contributed by atoms with van der Waals surface area (Å²) in [5, 5.41) is 4.86. The Balaban J connectivity index is 1.73. The third-order valence-electron chi connectivity index (χ3n) is 5.58. The number of benzene rings is 1. The quantitative estimate of drug-likeness (QED) is 0.505. The monoisotopic (exact) mass is 475 g/mol. The molecule has 0 spiro atoms. The minimum absolute atomic E-state index is 0.0185. The van der Waals surface area contributed by atoms with E-state index in [2.05, 4.69) is 16.8 Å². The van der Waals surface area contributed by atoms with Crippen molar-refractivity contribution in [1.29, 1.82) is 0 Å². The number of nitrogens with zero attached hydrogens (tertiary/aromatic N) is 2.